The Kier molecular flexibility index (Phi) is 4.21. The van der Waals surface area contributed by atoms with Crippen molar-refractivity contribution in [1.29, 1.82) is 0 Å². The Hall–Kier alpha value is -0.600. The normalized spacial score (nSPS) is 17.9. The monoisotopic (exact) mass is 319 g/mol. The fourth-order valence-corrected chi connectivity index (χ4v) is 1.92. The number of rotatable bonds is 3. The summed E-state index contributed by atoms with van der Waals surface area (Å²) in [5, 5.41) is 0.302. The van der Waals surface area contributed by atoms with Gasteiger partial charge >= 0.3 is 0 Å². The lowest BCUT2D eigenvalue weighted by Crippen LogP contribution is -2.31. The van der Waals surface area contributed by atoms with E-state index in [0.29, 0.717) is 0 Å². The minimum Gasteiger partial charge on any atom is -0.365 e. The number of Topliss-reactive ketones (excluding diaryl/α,β-unsaturated/α-hetero) is 2. The van der Waals surface area contributed by atoms with E-state index in [1.807, 2.05) is 5.32 Å². The van der Waals surface area contributed by atoms with Crippen molar-refractivity contribution in [1.82, 2.24) is 5.32 Å². The lowest BCUT2D eigenvalue weighted by molar-refractivity contribution is -0.115. The summed E-state index contributed by atoms with van der Waals surface area (Å²) in [5.74, 6) is -2.82. The van der Waals surface area contributed by atoms with E-state index in [9.17, 15) is 18.0 Å². The molecule has 0 bridgehead atoms. The Morgan fingerprint density at radius 3 is 1.94 bits per heavy atom. The molecule has 0 amide bonds. The van der Waals surface area contributed by atoms with Crippen LogP contribution in [-0.2, 0) is 19.7 Å². The molecule has 6 nitrogen and oxygen atoms in total. The molecule has 1 rings (SSSR count). The van der Waals surface area contributed by atoms with Crippen LogP contribution in [0.2, 0.25) is 0 Å². The minimum atomic E-state index is -4.38. The van der Waals surface area contributed by atoms with E-state index >= 15 is 0 Å². The number of hydrogen-bond donors (Lipinski definition) is 2. The molecule has 0 radical (unpaired) electrons. The van der Waals surface area contributed by atoms with Crippen LogP contribution in [0.1, 0.15) is 0 Å². The van der Waals surface area contributed by atoms with E-state index in [1.165, 1.54) is 0 Å². The molecule has 17 heavy (non-hydrogen) atoms. The van der Waals surface area contributed by atoms with Gasteiger partial charge in [-0.05, 0) is 0 Å². The molecule has 0 unspecified atom stereocenters. The van der Waals surface area contributed by atoms with Crippen LogP contribution in [0.5, 0.6) is 0 Å². The zero-order valence-corrected chi connectivity index (χ0v) is 10.9. The molecule has 94 valence electrons. The third kappa shape index (κ3) is 3.20. The number of carbonyl (C=O) groups excluding carboxylic acids is 2. The summed E-state index contributed by atoms with van der Waals surface area (Å²) in [6.45, 7) is 0. The van der Waals surface area contributed by atoms with E-state index in [1.54, 1.807) is 0 Å². The highest BCUT2D eigenvalue weighted by atomic mass is 35.5. The lowest BCUT2D eigenvalue weighted by Gasteiger charge is -2.15. The molecular weight excluding hydrogens is 317 g/mol. The quantitative estimate of drug-likeness (QED) is 0.587. The highest BCUT2D eigenvalue weighted by molar-refractivity contribution is 7.85. The van der Waals surface area contributed by atoms with Gasteiger partial charge < -0.3 is 5.32 Å². The summed E-state index contributed by atoms with van der Waals surface area (Å²) in [6.07, 6.45) is 0. The molecule has 0 atom stereocenters. The van der Waals surface area contributed by atoms with E-state index in [0.717, 1.165) is 0 Å². The van der Waals surface area contributed by atoms with Gasteiger partial charge in [0, 0.05) is 0 Å². The van der Waals surface area contributed by atoms with E-state index in [4.69, 9.17) is 39.4 Å². The minimum absolute atomic E-state index is 0.524. The van der Waals surface area contributed by atoms with Crippen molar-refractivity contribution in [3.05, 3.63) is 20.8 Å². The van der Waals surface area contributed by atoms with E-state index < -0.39 is 48.4 Å². The summed E-state index contributed by atoms with van der Waals surface area (Å²) in [7, 11) is -4.38. The highest BCUT2D eigenvalue weighted by Gasteiger charge is 2.32. The van der Waals surface area contributed by atoms with Crippen molar-refractivity contribution < 1.29 is 22.6 Å². The van der Waals surface area contributed by atoms with Gasteiger partial charge in [-0.3, -0.25) is 14.1 Å². The predicted molar refractivity (Wildman–Crippen MR) is 61.2 cm³/mol. The Labute approximate surface area is 111 Å². The topological polar surface area (TPSA) is 101 Å². The van der Waals surface area contributed by atoms with Gasteiger partial charge in [-0.2, -0.15) is 8.42 Å². The number of hydrogen-bond acceptors (Lipinski definition) is 5. The average molecular weight is 321 g/mol. The van der Waals surface area contributed by atoms with E-state index in [-0.39, 0.29) is 0 Å². The number of halogens is 3. The van der Waals surface area contributed by atoms with Crippen molar-refractivity contribution in [3.8, 4) is 0 Å². The number of nitrogens with one attached hydrogen (secondary N) is 1. The molecule has 0 aromatic rings. The highest BCUT2D eigenvalue weighted by Crippen LogP contribution is 2.30. The summed E-state index contributed by atoms with van der Waals surface area (Å²) < 4.78 is 29.4. The summed E-state index contributed by atoms with van der Waals surface area (Å²) >= 11 is 16.4. The summed E-state index contributed by atoms with van der Waals surface area (Å²) in [5.41, 5.74) is -0.524. The average Bonchev–Trinajstić information content (AvgIpc) is 2.22. The Morgan fingerprint density at radius 1 is 1.00 bits per heavy atom. The third-order valence-electron chi connectivity index (χ3n) is 1.67. The van der Waals surface area contributed by atoms with Crippen LogP contribution >= 0.6 is 34.8 Å². The fourth-order valence-electron chi connectivity index (χ4n) is 0.940. The maximum Gasteiger partial charge on any atom is 0.283 e. The van der Waals surface area contributed by atoms with Crippen LogP contribution < -0.4 is 5.32 Å². The molecule has 0 fully saturated rings. The van der Waals surface area contributed by atoms with Crippen LogP contribution in [0.4, 0.5) is 0 Å². The standard InChI is InChI=1S/C7H4Cl3NO5S/c8-2-3(9)7(13)5(4(10)6(2)12)11-1-17(14,15)16/h11H,1H2,(H,14,15,16). The van der Waals surface area contributed by atoms with Crippen molar-refractivity contribution in [3.63, 3.8) is 0 Å². The molecule has 1 aliphatic rings. The first-order valence-electron chi connectivity index (χ1n) is 3.88. The maximum absolute atomic E-state index is 11.5. The second-order valence-electron chi connectivity index (χ2n) is 2.88. The van der Waals surface area contributed by atoms with Crippen molar-refractivity contribution in [2.45, 2.75) is 0 Å². The van der Waals surface area contributed by atoms with Gasteiger partial charge in [0.25, 0.3) is 10.1 Å². The predicted octanol–water partition coefficient (Wildman–Crippen LogP) is 0.713. The van der Waals surface area contributed by atoms with Crippen LogP contribution in [0.3, 0.4) is 0 Å². The third-order valence-corrected chi connectivity index (χ3v) is 3.36. The molecular formula is C7H4Cl3NO5S. The van der Waals surface area contributed by atoms with E-state index in [2.05, 4.69) is 0 Å². The van der Waals surface area contributed by atoms with Crippen LogP contribution in [0.25, 0.3) is 0 Å². The van der Waals surface area contributed by atoms with Crippen LogP contribution in [-0.4, -0.2) is 30.4 Å². The fraction of sp³-hybridized carbons (Fsp3) is 0.143. The van der Waals surface area contributed by atoms with Gasteiger partial charge in [0.2, 0.25) is 11.6 Å². The first-order chi connectivity index (χ1) is 7.65. The Bertz CT molecular complexity index is 562. The van der Waals surface area contributed by atoms with Crippen LogP contribution in [0, 0.1) is 0 Å². The number of carbonyl (C=O) groups is 2. The molecule has 2 N–H and O–H groups in total. The second kappa shape index (κ2) is 4.95. The van der Waals surface area contributed by atoms with Gasteiger partial charge in [-0.15, -0.1) is 0 Å². The molecule has 0 aliphatic heterocycles. The molecule has 0 saturated carbocycles. The molecule has 1 aliphatic carbocycles. The number of ketones is 2. The molecule has 10 heteroatoms. The van der Waals surface area contributed by atoms with Crippen LogP contribution in [0.15, 0.2) is 20.8 Å². The molecule has 0 heterocycles. The van der Waals surface area contributed by atoms with Crippen molar-refractivity contribution in [2.75, 3.05) is 5.88 Å². The molecule has 0 saturated heterocycles. The summed E-state index contributed by atoms with van der Waals surface area (Å²) in [4.78, 5) is 22.8. The number of allylic oxidation sites excluding steroid dienone is 3. The first kappa shape index (κ1) is 14.5. The van der Waals surface area contributed by atoms with Crippen molar-refractivity contribution in [2.24, 2.45) is 0 Å². The summed E-state index contributed by atoms with van der Waals surface area (Å²) in [6, 6.07) is 0. The first-order valence-corrected chi connectivity index (χ1v) is 6.63. The van der Waals surface area contributed by atoms with Gasteiger partial charge in [-0.25, -0.2) is 0 Å². The zero-order valence-electron chi connectivity index (χ0n) is 7.83. The Balaban J connectivity index is 3.08. The van der Waals surface area contributed by atoms with Gasteiger partial charge in [0.15, 0.2) is 0 Å². The Morgan fingerprint density at radius 2 is 1.47 bits per heavy atom. The van der Waals surface area contributed by atoms with Gasteiger partial charge in [-0.1, -0.05) is 34.8 Å². The van der Waals surface area contributed by atoms with Gasteiger partial charge in [0.1, 0.15) is 26.7 Å². The molecule has 0 aromatic carbocycles. The largest absolute Gasteiger partial charge is 0.365 e. The second-order valence-corrected chi connectivity index (χ2v) is 5.46. The lowest BCUT2D eigenvalue weighted by atomic mass is 10.1. The SMILES string of the molecule is O=C1C(Cl)=C(Cl)C(=O)C(NCS(=O)(=O)O)=C1Cl. The zero-order chi connectivity index (χ0) is 13.4. The van der Waals surface area contributed by atoms with Crippen molar-refractivity contribution >= 4 is 56.5 Å². The molecule has 0 spiro atoms. The smallest absolute Gasteiger partial charge is 0.283 e. The van der Waals surface area contributed by atoms with Gasteiger partial charge in [0.05, 0.1) is 0 Å². The maximum atomic E-state index is 11.5. The molecule has 0 aromatic heterocycles.